The molecule has 0 atom stereocenters. The van der Waals surface area contributed by atoms with Crippen molar-refractivity contribution in [2.24, 2.45) is 0 Å². The van der Waals surface area contributed by atoms with Gasteiger partial charge in [-0.2, -0.15) is 6.42 Å². The van der Waals surface area contributed by atoms with Crippen LogP contribution in [0.25, 0.3) is 11.1 Å². The standard InChI is InChI=1S/C23H31NO2.C22H26NO.C2H6.K/c1-26-18-12-4-2-3-11-17-24-23(25)19-22(20-13-7-5-8-14-20)21-15-9-6-10-16-21;1-2-3-4-5-10-15-23-22(24)16-21-19-13-8-6-11-17(19)18-12-7-9-14-20(18)21;1-2;/h5-10,13-16,22H,2-4,11-12,17-19H2,1H3,(H,24,25);6-9,11-14,21H,1-5,10,15-16H2,(H,23,24);1-2H3;/q;-1;;+1. The van der Waals surface area contributed by atoms with Crippen molar-refractivity contribution in [2.75, 3.05) is 26.8 Å². The van der Waals surface area contributed by atoms with E-state index in [1.165, 1.54) is 65.5 Å². The molecule has 0 aliphatic heterocycles. The third-order valence-electron chi connectivity index (χ3n) is 9.49. The molecule has 0 fully saturated rings. The number of carbonyl (C=O) groups is 2. The molecule has 280 valence electrons. The van der Waals surface area contributed by atoms with Crippen LogP contribution in [0.2, 0.25) is 0 Å². The minimum Gasteiger partial charge on any atom is -0.385 e. The fourth-order valence-corrected chi connectivity index (χ4v) is 6.81. The van der Waals surface area contributed by atoms with Crippen molar-refractivity contribution in [2.45, 2.75) is 103 Å². The first-order chi connectivity index (χ1) is 25.6. The van der Waals surface area contributed by atoms with Crippen LogP contribution in [0, 0.1) is 6.92 Å². The molecule has 5 nitrogen and oxygen atoms in total. The first kappa shape index (κ1) is 46.6. The van der Waals surface area contributed by atoms with Gasteiger partial charge in [-0.15, -0.1) is 0 Å². The van der Waals surface area contributed by atoms with Crippen molar-refractivity contribution in [3.8, 4) is 11.1 Å². The van der Waals surface area contributed by atoms with Crippen molar-refractivity contribution >= 4 is 11.8 Å². The van der Waals surface area contributed by atoms with Gasteiger partial charge in [0.2, 0.25) is 11.8 Å². The van der Waals surface area contributed by atoms with Crippen LogP contribution in [-0.4, -0.2) is 38.6 Å². The Bertz CT molecular complexity index is 1460. The third-order valence-corrected chi connectivity index (χ3v) is 9.49. The molecular formula is C47H63KN2O3. The van der Waals surface area contributed by atoms with Crippen molar-refractivity contribution in [3.05, 3.63) is 138 Å². The summed E-state index contributed by atoms with van der Waals surface area (Å²) >= 11 is 0. The molecular weight excluding hydrogens is 680 g/mol. The summed E-state index contributed by atoms with van der Waals surface area (Å²) in [6, 6.07) is 37.5. The summed E-state index contributed by atoms with van der Waals surface area (Å²) in [5.74, 6) is 0.570. The molecule has 0 bridgehead atoms. The second-order valence-corrected chi connectivity index (χ2v) is 13.2. The Hall–Kier alpha value is -2.58. The predicted molar refractivity (Wildman–Crippen MR) is 218 cm³/mol. The monoisotopic (exact) mass is 742 g/mol. The first-order valence-corrected chi connectivity index (χ1v) is 19.7. The minimum absolute atomic E-state index is 0. The molecule has 0 saturated heterocycles. The average Bonchev–Trinajstić information content (AvgIpc) is 3.51. The van der Waals surface area contributed by atoms with Crippen LogP contribution in [0.15, 0.2) is 109 Å². The van der Waals surface area contributed by atoms with Crippen LogP contribution < -0.4 is 62.0 Å². The quantitative estimate of drug-likeness (QED) is 0.0548. The van der Waals surface area contributed by atoms with Gasteiger partial charge in [-0.05, 0) is 52.6 Å². The third kappa shape index (κ3) is 16.8. The number of nitrogens with one attached hydrogen (secondary N) is 2. The molecule has 0 radical (unpaired) electrons. The number of rotatable bonds is 20. The van der Waals surface area contributed by atoms with E-state index in [1.807, 2.05) is 50.2 Å². The topological polar surface area (TPSA) is 67.4 Å². The first-order valence-electron chi connectivity index (χ1n) is 19.7. The Morgan fingerprint density at radius 1 is 0.604 bits per heavy atom. The molecule has 0 unspecified atom stereocenters. The van der Waals surface area contributed by atoms with E-state index in [9.17, 15) is 9.59 Å². The maximum Gasteiger partial charge on any atom is 1.00 e. The summed E-state index contributed by atoms with van der Waals surface area (Å²) in [5.41, 5.74) is 7.49. The smallest absolute Gasteiger partial charge is 0.385 e. The number of amides is 2. The number of hydrogen-bond acceptors (Lipinski definition) is 3. The van der Waals surface area contributed by atoms with Crippen LogP contribution in [0.1, 0.15) is 125 Å². The second-order valence-electron chi connectivity index (χ2n) is 13.2. The van der Waals surface area contributed by atoms with Crippen LogP contribution in [-0.2, 0) is 14.3 Å². The van der Waals surface area contributed by atoms with Gasteiger partial charge in [-0.3, -0.25) is 9.59 Å². The fraction of sp³-hybridized carbons (Fsp3) is 0.426. The van der Waals surface area contributed by atoms with E-state index < -0.39 is 0 Å². The molecule has 5 rings (SSSR count). The number of methoxy groups -OCH3 is 1. The number of carbonyl (C=O) groups excluding carboxylic acids is 2. The molecule has 4 aromatic carbocycles. The fourth-order valence-electron chi connectivity index (χ4n) is 6.81. The van der Waals surface area contributed by atoms with Crippen molar-refractivity contribution in [3.63, 3.8) is 0 Å². The van der Waals surface area contributed by atoms with Crippen molar-refractivity contribution in [1.29, 1.82) is 0 Å². The van der Waals surface area contributed by atoms with Gasteiger partial charge >= 0.3 is 51.4 Å². The van der Waals surface area contributed by atoms with Crippen LogP contribution in [0.4, 0.5) is 0 Å². The zero-order chi connectivity index (χ0) is 37.2. The van der Waals surface area contributed by atoms with Gasteiger partial charge < -0.3 is 22.3 Å². The molecule has 1 aliphatic rings. The molecule has 0 saturated carbocycles. The van der Waals surface area contributed by atoms with Crippen molar-refractivity contribution in [1.82, 2.24) is 10.6 Å². The van der Waals surface area contributed by atoms with E-state index >= 15 is 0 Å². The van der Waals surface area contributed by atoms with Gasteiger partial charge in [0.1, 0.15) is 0 Å². The van der Waals surface area contributed by atoms with E-state index in [0.29, 0.717) is 12.8 Å². The van der Waals surface area contributed by atoms with E-state index in [4.69, 9.17) is 4.74 Å². The summed E-state index contributed by atoms with van der Waals surface area (Å²) in [6.45, 7) is 10.2. The summed E-state index contributed by atoms with van der Waals surface area (Å²) in [7, 11) is 1.74. The molecule has 4 aromatic rings. The maximum absolute atomic E-state index is 12.4. The number of hydrogen-bond donors (Lipinski definition) is 2. The Morgan fingerprint density at radius 3 is 1.55 bits per heavy atom. The molecule has 53 heavy (non-hydrogen) atoms. The SMILES string of the molecule is CC.COCCCCCCCNC(=O)CC(c1ccccc1)c1ccccc1.[CH2-]CCCCCCNC(=O)CC1c2ccccc2-c2ccccc21.[K+]. The summed E-state index contributed by atoms with van der Waals surface area (Å²) in [6.07, 6.45) is 12.4. The summed E-state index contributed by atoms with van der Waals surface area (Å²) in [4.78, 5) is 24.8. The van der Waals surface area contributed by atoms with E-state index in [2.05, 4.69) is 90.4 Å². The number of benzene rings is 4. The van der Waals surface area contributed by atoms with Crippen LogP contribution >= 0.6 is 0 Å². The summed E-state index contributed by atoms with van der Waals surface area (Å²) in [5, 5.41) is 6.18. The Balaban J connectivity index is 0.000000345. The maximum atomic E-state index is 12.4. The van der Waals surface area contributed by atoms with E-state index in [-0.39, 0.29) is 75.0 Å². The molecule has 0 heterocycles. The molecule has 6 heteroatoms. The zero-order valence-electron chi connectivity index (χ0n) is 33.1. The van der Waals surface area contributed by atoms with E-state index in [1.54, 1.807) is 7.11 Å². The van der Waals surface area contributed by atoms with Gasteiger partial charge in [0.25, 0.3) is 0 Å². The van der Waals surface area contributed by atoms with Crippen LogP contribution in [0.5, 0.6) is 0 Å². The predicted octanol–water partition coefficient (Wildman–Crippen LogP) is 8.04. The number of fused-ring (bicyclic) bond motifs is 3. The zero-order valence-corrected chi connectivity index (χ0v) is 36.2. The second kappa shape index (κ2) is 28.8. The van der Waals surface area contributed by atoms with Gasteiger partial charge in [-0.1, -0.05) is 162 Å². The molecule has 1 aliphatic carbocycles. The molecule has 0 spiro atoms. The molecule has 2 amide bonds. The van der Waals surface area contributed by atoms with Gasteiger partial charge in [0, 0.05) is 51.5 Å². The van der Waals surface area contributed by atoms with Gasteiger partial charge in [-0.25, -0.2) is 0 Å². The Morgan fingerprint density at radius 2 is 1.04 bits per heavy atom. The average molecular weight is 743 g/mol. The normalized spacial score (nSPS) is 11.2. The number of ether oxygens (including phenoxy) is 1. The molecule has 2 N–H and O–H groups in total. The van der Waals surface area contributed by atoms with Crippen molar-refractivity contribution < 1.29 is 65.7 Å². The van der Waals surface area contributed by atoms with Gasteiger partial charge in [0.05, 0.1) is 0 Å². The molecule has 0 aromatic heterocycles. The largest absolute Gasteiger partial charge is 1.00 e. The van der Waals surface area contributed by atoms with E-state index in [0.717, 1.165) is 51.8 Å². The Kier molecular flexibility index (Phi) is 25.3. The van der Waals surface area contributed by atoms with Crippen LogP contribution in [0.3, 0.4) is 0 Å². The summed E-state index contributed by atoms with van der Waals surface area (Å²) < 4.78 is 5.05. The van der Waals surface area contributed by atoms with Gasteiger partial charge in [0.15, 0.2) is 0 Å². The Labute approximate surface area is 363 Å². The number of unbranched alkanes of at least 4 members (excludes halogenated alkanes) is 8. The minimum atomic E-state index is 0.